The second kappa shape index (κ2) is 6.60. The van der Waals surface area contributed by atoms with Crippen LogP contribution in [0.3, 0.4) is 0 Å². The number of hydrogen-bond donors (Lipinski definition) is 2. The van der Waals surface area contributed by atoms with E-state index in [0.29, 0.717) is 25.9 Å². The molecular weight excluding hydrogens is 206 g/mol. The summed E-state index contributed by atoms with van der Waals surface area (Å²) in [5, 5.41) is 0. The minimum Gasteiger partial charge on any atom is -0.331 e. The Hall–Kier alpha value is -0.940. The highest BCUT2D eigenvalue weighted by Gasteiger charge is 2.31. The van der Waals surface area contributed by atoms with Gasteiger partial charge in [-0.15, -0.1) is 0 Å². The van der Waals surface area contributed by atoms with Gasteiger partial charge in [0.2, 0.25) is 12.2 Å². The second-order valence-corrected chi connectivity index (χ2v) is 4.20. The average Bonchev–Trinajstić information content (AvgIpc) is 2.76. The van der Waals surface area contributed by atoms with Crippen molar-refractivity contribution in [2.24, 2.45) is 11.5 Å². The largest absolute Gasteiger partial charge is 0.331 e. The van der Waals surface area contributed by atoms with Crippen LogP contribution in [-0.4, -0.2) is 42.3 Å². The molecule has 4 N–H and O–H groups in total. The predicted octanol–water partition coefficient (Wildman–Crippen LogP) is -0.457. The van der Waals surface area contributed by atoms with E-state index in [1.807, 2.05) is 6.29 Å². The molecule has 0 aromatic heterocycles. The Morgan fingerprint density at radius 3 is 2.88 bits per heavy atom. The molecule has 1 saturated heterocycles. The van der Waals surface area contributed by atoms with Crippen LogP contribution in [0, 0.1) is 0 Å². The van der Waals surface area contributed by atoms with E-state index in [0.717, 1.165) is 19.3 Å². The zero-order valence-electron chi connectivity index (χ0n) is 9.52. The third-order valence-corrected chi connectivity index (χ3v) is 2.96. The Kier molecular flexibility index (Phi) is 5.42. The first kappa shape index (κ1) is 13.1. The van der Waals surface area contributed by atoms with Crippen LogP contribution in [0.2, 0.25) is 0 Å². The molecule has 1 rings (SSSR count). The Morgan fingerprint density at radius 2 is 2.25 bits per heavy atom. The summed E-state index contributed by atoms with van der Waals surface area (Å²) in [4.78, 5) is 24.1. The van der Waals surface area contributed by atoms with Crippen molar-refractivity contribution in [1.29, 1.82) is 0 Å². The van der Waals surface area contributed by atoms with Gasteiger partial charge in [0.15, 0.2) is 0 Å². The molecular formula is C11H20N3O2. The molecule has 5 nitrogen and oxygen atoms in total. The van der Waals surface area contributed by atoms with Crippen LogP contribution < -0.4 is 11.5 Å². The Morgan fingerprint density at radius 1 is 1.50 bits per heavy atom. The molecule has 1 amide bonds. The van der Waals surface area contributed by atoms with Gasteiger partial charge in [-0.2, -0.15) is 0 Å². The summed E-state index contributed by atoms with van der Waals surface area (Å²) >= 11 is 0. The molecule has 1 radical (unpaired) electrons. The van der Waals surface area contributed by atoms with Crippen LogP contribution in [0.15, 0.2) is 0 Å². The summed E-state index contributed by atoms with van der Waals surface area (Å²) in [5.74, 6) is -0.122. The summed E-state index contributed by atoms with van der Waals surface area (Å²) in [6, 6.07) is -0.881. The smallest absolute Gasteiger partial charge is 0.240 e. The molecule has 1 fully saturated rings. The van der Waals surface area contributed by atoms with Gasteiger partial charge in [0.1, 0.15) is 0 Å². The minimum absolute atomic E-state index is 0.122. The molecule has 0 aliphatic carbocycles. The number of unbranched alkanes of at least 4 members (excludes halogenated alkanes) is 1. The minimum atomic E-state index is -0.500. The summed E-state index contributed by atoms with van der Waals surface area (Å²) in [5.41, 5.74) is 11.2. The zero-order chi connectivity index (χ0) is 12.0. The highest BCUT2D eigenvalue weighted by atomic mass is 16.2. The van der Waals surface area contributed by atoms with Gasteiger partial charge < -0.3 is 16.4 Å². The van der Waals surface area contributed by atoms with Crippen LogP contribution in [0.5, 0.6) is 0 Å². The van der Waals surface area contributed by atoms with Crippen LogP contribution in [0.25, 0.3) is 0 Å². The number of rotatable bonds is 6. The molecule has 1 heterocycles. The summed E-state index contributed by atoms with van der Waals surface area (Å²) in [7, 11) is 0. The molecule has 0 bridgehead atoms. The monoisotopic (exact) mass is 226 g/mol. The van der Waals surface area contributed by atoms with Gasteiger partial charge in [0, 0.05) is 6.54 Å². The molecule has 0 aromatic carbocycles. The van der Waals surface area contributed by atoms with E-state index < -0.39 is 6.04 Å². The molecule has 91 valence electrons. The fraction of sp³-hybridized carbons (Fsp3) is 0.818. The van der Waals surface area contributed by atoms with E-state index in [2.05, 4.69) is 0 Å². The van der Waals surface area contributed by atoms with Crippen molar-refractivity contribution in [3.63, 3.8) is 0 Å². The van der Waals surface area contributed by atoms with Crippen molar-refractivity contribution in [3.8, 4) is 0 Å². The Bertz CT molecular complexity index is 245. The number of carbonyl (C=O) groups excluding carboxylic acids is 2. The zero-order valence-corrected chi connectivity index (χ0v) is 9.52. The number of likely N-dealkylation sites (tertiary alicyclic amines) is 1. The van der Waals surface area contributed by atoms with E-state index in [-0.39, 0.29) is 11.9 Å². The third kappa shape index (κ3) is 3.28. The van der Waals surface area contributed by atoms with Gasteiger partial charge in [-0.3, -0.25) is 9.59 Å². The first-order chi connectivity index (χ1) is 7.70. The lowest BCUT2D eigenvalue weighted by Crippen LogP contribution is -2.46. The molecule has 16 heavy (non-hydrogen) atoms. The topological polar surface area (TPSA) is 89.4 Å². The van der Waals surface area contributed by atoms with E-state index in [1.165, 1.54) is 0 Å². The summed E-state index contributed by atoms with van der Waals surface area (Å²) < 4.78 is 0. The fourth-order valence-electron chi connectivity index (χ4n) is 2.00. The van der Waals surface area contributed by atoms with Gasteiger partial charge in [-0.05, 0) is 32.2 Å². The quantitative estimate of drug-likeness (QED) is 0.600. The Labute approximate surface area is 96.1 Å². The first-order valence-electron chi connectivity index (χ1n) is 5.84. The molecule has 1 aliphatic rings. The van der Waals surface area contributed by atoms with E-state index in [9.17, 15) is 9.59 Å². The number of carbonyl (C=O) groups is 1. The molecule has 0 saturated carbocycles. The van der Waals surface area contributed by atoms with Crippen molar-refractivity contribution in [2.45, 2.75) is 44.2 Å². The SMILES string of the molecule is NCCCCC(N)C(=O)N1CCC[C@H]1[C]=O. The standard InChI is InChI=1S/C11H20N3O2/c12-6-2-1-5-10(13)11(16)14-7-3-4-9(14)8-15/h9-10H,1-7,12-13H2/t9-,10?/m0/s1. The molecule has 1 aliphatic heterocycles. The van der Waals surface area contributed by atoms with Crippen molar-refractivity contribution in [2.75, 3.05) is 13.1 Å². The third-order valence-electron chi connectivity index (χ3n) is 2.96. The molecule has 5 heteroatoms. The maximum atomic E-state index is 11.9. The maximum absolute atomic E-state index is 11.9. The average molecular weight is 226 g/mol. The van der Waals surface area contributed by atoms with Crippen molar-refractivity contribution in [1.82, 2.24) is 4.90 Å². The van der Waals surface area contributed by atoms with Gasteiger partial charge in [-0.1, -0.05) is 6.42 Å². The van der Waals surface area contributed by atoms with Crippen LogP contribution >= 0.6 is 0 Å². The normalized spacial score (nSPS) is 22.1. The van der Waals surface area contributed by atoms with Crippen LogP contribution in [-0.2, 0) is 9.59 Å². The van der Waals surface area contributed by atoms with E-state index in [4.69, 9.17) is 11.5 Å². The maximum Gasteiger partial charge on any atom is 0.240 e. The van der Waals surface area contributed by atoms with Gasteiger partial charge in [0.25, 0.3) is 0 Å². The first-order valence-corrected chi connectivity index (χ1v) is 5.84. The predicted molar refractivity (Wildman–Crippen MR) is 61.3 cm³/mol. The van der Waals surface area contributed by atoms with E-state index >= 15 is 0 Å². The Balaban J connectivity index is 2.40. The number of nitrogens with zero attached hydrogens (tertiary/aromatic N) is 1. The summed E-state index contributed by atoms with van der Waals surface area (Å²) in [6.07, 6.45) is 5.84. The summed E-state index contributed by atoms with van der Waals surface area (Å²) in [6.45, 7) is 1.25. The number of amides is 1. The van der Waals surface area contributed by atoms with Gasteiger partial charge >= 0.3 is 0 Å². The molecule has 0 aromatic rings. The number of hydrogen-bond acceptors (Lipinski definition) is 4. The van der Waals surface area contributed by atoms with Crippen LogP contribution in [0.4, 0.5) is 0 Å². The lowest BCUT2D eigenvalue weighted by Gasteiger charge is -2.23. The molecule has 0 spiro atoms. The fourth-order valence-corrected chi connectivity index (χ4v) is 2.00. The lowest BCUT2D eigenvalue weighted by molar-refractivity contribution is -0.132. The van der Waals surface area contributed by atoms with Crippen LogP contribution in [0.1, 0.15) is 32.1 Å². The molecule has 2 atom stereocenters. The van der Waals surface area contributed by atoms with Crippen molar-refractivity contribution >= 4 is 12.2 Å². The van der Waals surface area contributed by atoms with Gasteiger partial charge in [0.05, 0.1) is 12.1 Å². The lowest BCUT2D eigenvalue weighted by atomic mass is 10.1. The molecule has 1 unspecified atom stereocenters. The number of nitrogens with two attached hydrogens (primary N) is 2. The highest BCUT2D eigenvalue weighted by Crippen LogP contribution is 2.17. The second-order valence-electron chi connectivity index (χ2n) is 4.20. The van der Waals surface area contributed by atoms with Gasteiger partial charge in [-0.25, -0.2) is 0 Å². The van der Waals surface area contributed by atoms with Crippen molar-refractivity contribution < 1.29 is 9.59 Å². The highest BCUT2D eigenvalue weighted by molar-refractivity contribution is 5.84. The van der Waals surface area contributed by atoms with Crippen molar-refractivity contribution in [3.05, 3.63) is 0 Å². The van der Waals surface area contributed by atoms with E-state index in [1.54, 1.807) is 4.90 Å².